The molecule has 0 amide bonds. The van der Waals surface area contributed by atoms with Crippen molar-refractivity contribution in [2.24, 2.45) is 0 Å². The van der Waals surface area contributed by atoms with Gasteiger partial charge in [-0.05, 0) is 56.7 Å². The van der Waals surface area contributed by atoms with E-state index in [2.05, 4.69) is 19.9 Å². The first-order chi connectivity index (χ1) is 15.9. The van der Waals surface area contributed by atoms with Crippen LogP contribution >= 0.6 is 0 Å². The first kappa shape index (κ1) is 21.0. The maximum Gasteiger partial charge on any atom is 0.251 e. The highest BCUT2D eigenvalue weighted by Gasteiger charge is 2.24. The zero-order valence-corrected chi connectivity index (χ0v) is 18.1. The molecule has 0 saturated heterocycles. The molecule has 2 aromatic carbocycles. The van der Waals surface area contributed by atoms with Gasteiger partial charge in [-0.3, -0.25) is 0 Å². The molecule has 5 rings (SSSR count). The highest BCUT2D eigenvalue weighted by atomic mass is 19.1. The monoisotopic (exact) mass is 444 g/mol. The van der Waals surface area contributed by atoms with Crippen molar-refractivity contribution in [2.75, 3.05) is 0 Å². The Labute approximate surface area is 189 Å². The third-order valence-electron chi connectivity index (χ3n) is 5.17. The van der Waals surface area contributed by atoms with Crippen LogP contribution in [0.5, 0.6) is 0 Å². The van der Waals surface area contributed by atoms with Crippen molar-refractivity contribution in [1.29, 1.82) is 0 Å². The van der Waals surface area contributed by atoms with E-state index in [1.165, 1.54) is 18.5 Å². The minimum Gasteiger partial charge on any atom is -0.438 e. The Morgan fingerprint density at radius 1 is 0.879 bits per heavy atom. The maximum absolute atomic E-state index is 13.5. The Morgan fingerprint density at radius 3 is 2.36 bits per heavy atom. The van der Waals surface area contributed by atoms with Crippen LogP contribution in [0.1, 0.15) is 26.2 Å². The van der Waals surface area contributed by atoms with Crippen molar-refractivity contribution in [3.8, 4) is 34.2 Å². The molecule has 33 heavy (non-hydrogen) atoms. The Kier molecular flexibility index (Phi) is 5.22. The normalized spacial score (nSPS) is 11.9. The van der Waals surface area contributed by atoms with Crippen LogP contribution in [0, 0.1) is 5.82 Å². The van der Waals surface area contributed by atoms with Gasteiger partial charge in [0, 0.05) is 17.5 Å². The van der Waals surface area contributed by atoms with Crippen molar-refractivity contribution in [3.63, 3.8) is 0 Å². The van der Waals surface area contributed by atoms with Crippen LogP contribution in [0.2, 0.25) is 0 Å². The Morgan fingerprint density at radius 2 is 1.64 bits per heavy atom. The predicted molar refractivity (Wildman–Crippen MR) is 121 cm³/mol. The minimum absolute atomic E-state index is 0.318. The summed E-state index contributed by atoms with van der Waals surface area (Å²) in [4.78, 5) is 17.9. The summed E-state index contributed by atoms with van der Waals surface area (Å²) in [7, 11) is 0. The van der Waals surface area contributed by atoms with Gasteiger partial charge in [0.25, 0.3) is 5.71 Å². The summed E-state index contributed by atoms with van der Waals surface area (Å²) in [5.74, 6) is 0.884. The number of rotatable bonds is 6. The zero-order valence-electron chi connectivity index (χ0n) is 18.1. The van der Waals surface area contributed by atoms with Crippen LogP contribution in [0.25, 0.3) is 45.4 Å². The van der Waals surface area contributed by atoms with Crippen LogP contribution in [0.4, 0.5) is 4.39 Å². The summed E-state index contributed by atoms with van der Waals surface area (Å²) in [5, 5.41) is 10.1. The minimum atomic E-state index is -0.871. The Bertz CT molecular complexity index is 1400. The second kappa shape index (κ2) is 8.22. The molecule has 0 radical (unpaired) electrons. The van der Waals surface area contributed by atoms with E-state index in [1.54, 1.807) is 26.0 Å². The standard InChI is InChI=1S/C25H21FN4O3/c1-25(2,31)13-12-18-29-19(15-8-10-17(26)11-9-15)22(32-18)20-21-24(28-14-27-20)33-23(30-21)16-6-4-3-5-7-16/h3-11,14,31H,12-13H2,1-2H3. The molecule has 0 aliphatic heterocycles. The Balaban J connectivity index is 1.65. The van der Waals surface area contributed by atoms with Gasteiger partial charge in [0.1, 0.15) is 23.5 Å². The topological polar surface area (TPSA) is 98.1 Å². The zero-order chi connectivity index (χ0) is 23.0. The number of halogens is 1. The summed E-state index contributed by atoms with van der Waals surface area (Å²) >= 11 is 0. The third kappa shape index (κ3) is 4.38. The van der Waals surface area contributed by atoms with Gasteiger partial charge in [0.05, 0.1) is 5.60 Å². The predicted octanol–water partition coefficient (Wildman–Crippen LogP) is 5.45. The van der Waals surface area contributed by atoms with E-state index in [0.717, 1.165) is 5.56 Å². The molecule has 0 aliphatic rings. The molecular formula is C25H21FN4O3. The van der Waals surface area contributed by atoms with E-state index in [0.29, 0.717) is 58.6 Å². The summed E-state index contributed by atoms with van der Waals surface area (Å²) in [5.41, 5.74) is 2.29. The number of oxazole rings is 2. The lowest BCUT2D eigenvalue weighted by Crippen LogP contribution is -2.19. The number of aryl methyl sites for hydroxylation is 1. The van der Waals surface area contributed by atoms with Crippen LogP contribution in [-0.4, -0.2) is 30.6 Å². The van der Waals surface area contributed by atoms with Crippen molar-refractivity contribution in [3.05, 3.63) is 72.6 Å². The number of aliphatic hydroxyl groups is 1. The van der Waals surface area contributed by atoms with Crippen LogP contribution in [0.15, 0.2) is 69.8 Å². The van der Waals surface area contributed by atoms with E-state index in [-0.39, 0.29) is 5.82 Å². The Hall–Kier alpha value is -3.91. The van der Waals surface area contributed by atoms with E-state index < -0.39 is 5.60 Å². The molecule has 0 aliphatic carbocycles. The van der Waals surface area contributed by atoms with Gasteiger partial charge in [-0.2, -0.15) is 4.98 Å². The molecule has 3 heterocycles. The van der Waals surface area contributed by atoms with Gasteiger partial charge in [0.2, 0.25) is 5.89 Å². The molecule has 0 spiro atoms. The molecule has 5 aromatic rings. The van der Waals surface area contributed by atoms with Crippen LogP contribution in [-0.2, 0) is 6.42 Å². The molecule has 3 aromatic heterocycles. The summed E-state index contributed by atoms with van der Waals surface area (Å²) in [6.45, 7) is 3.46. The first-order valence-corrected chi connectivity index (χ1v) is 10.5. The number of benzene rings is 2. The molecule has 0 atom stereocenters. The van der Waals surface area contributed by atoms with Gasteiger partial charge >= 0.3 is 0 Å². The fourth-order valence-electron chi connectivity index (χ4n) is 3.47. The van der Waals surface area contributed by atoms with Crippen LogP contribution in [0.3, 0.4) is 0 Å². The number of hydrogen-bond acceptors (Lipinski definition) is 7. The van der Waals surface area contributed by atoms with E-state index in [1.807, 2.05) is 30.3 Å². The molecule has 8 heteroatoms. The van der Waals surface area contributed by atoms with Gasteiger partial charge in [0.15, 0.2) is 17.2 Å². The molecule has 0 fully saturated rings. The number of aromatic nitrogens is 4. The van der Waals surface area contributed by atoms with Gasteiger partial charge in [-0.25, -0.2) is 19.3 Å². The second-order valence-electron chi connectivity index (χ2n) is 8.37. The quantitative estimate of drug-likeness (QED) is 0.372. The molecule has 0 saturated carbocycles. The molecule has 0 unspecified atom stereocenters. The number of fused-ring (bicyclic) bond motifs is 1. The van der Waals surface area contributed by atoms with Crippen molar-refractivity contribution in [1.82, 2.24) is 19.9 Å². The van der Waals surface area contributed by atoms with Crippen LogP contribution < -0.4 is 0 Å². The summed E-state index contributed by atoms with van der Waals surface area (Å²) in [6.07, 6.45) is 2.25. The van der Waals surface area contributed by atoms with E-state index in [4.69, 9.17) is 8.83 Å². The molecule has 0 bridgehead atoms. The second-order valence-corrected chi connectivity index (χ2v) is 8.37. The van der Waals surface area contributed by atoms with E-state index in [9.17, 15) is 9.50 Å². The van der Waals surface area contributed by atoms with Gasteiger partial charge < -0.3 is 13.9 Å². The van der Waals surface area contributed by atoms with E-state index >= 15 is 0 Å². The lowest BCUT2D eigenvalue weighted by molar-refractivity contribution is 0.0695. The van der Waals surface area contributed by atoms with Gasteiger partial charge in [-0.1, -0.05) is 18.2 Å². The molecule has 7 nitrogen and oxygen atoms in total. The highest BCUT2D eigenvalue weighted by molar-refractivity contribution is 5.90. The average Bonchev–Trinajstić information content (AvgIpc) is 3.43. The maximum atomic E-state index is 13.5. The first-order valence-electron chi connectivity index (χ1n) is 10.5. The van der Waals surface area contributed by atoms with Crippen molar-refractivity contribution >= 4 is 11.2 Å². The molecular weight excluding hydrogens is 423 g/mol. The van der Waals surface area contributed by atoms with Crippen molar-refractivity contribution < 1.29 is 18.3 Å². The summed E-state index contributed by atoms with van der Waals surface area (Å²) < 4.78 is 25.5. The molecule has 166 valence electrons. The number of nitrogens with zero attached hydrogens (tertiary/aromatic N) is 4. The average molecular weight is 444 g/mol. The number of hydrogen-bond donors (Lipinski definition) is 1. The largest absolute Gasteiger partial charge is 0.438 e. The molecule has 1 N–H and O–H groups in total. The fraction of sp³-hybridized carbons (Fsp3) is 0.200. The van der Waals surface area contributed by atoms with Crippen molar-refractivity contribution in [2.45, 2.75) is 32.3 Å². The third-order valence-corrected chi connectivity index (χ3v) is 5.17. The SMILES string of the molecule is CC(C)(O)CCc1nc(-c2ccc(F)cc2)c(-c2ncnc3oc(-c4ccccc4)nc23)o1. The fourth-order valence-corrected chi connectivity index (χ4v) is 3.47. The summed E-state index contributed by atoms with van der Waals surface area (Å²) in [6, 6.07) is 15.5. The van der Waals surface area contributed by atoms with Gasteiger partial charge in [-0.15, -0.1) is 0 Å². The highest BCUT2D eigenvalue weighted by Crippen LogP contribution is 2.36. The lowest BCUT2D eigenvalue weighted by atomic mass is 10.0. The lowest BCUT2D eigenvalue weighted by Gasteiger charge is -2.14. The smallest absolute Gasteiger partial charge is 0.251 e.